The van der Waals surface area contributed by atoms with Crippen molar-refractivity contribution in [3.8, 4) is 0 Å². The van der Waals surface area contributed by atoms with Crippen LogP contribution >= 0.6 is 0 Å². The van der Waals surface area contributed by atoms with Crippen LogP contribution in [0.4, 0.5) is 0 Å². The highest BCUT2D eigenvalue weighted by molar-refractivity contribution is 5.69. The third kappa shape index (κ3) is 3.53. The van der Waals surface area contributed by atoms with Crippen molar-refractivity contribution in [1.82, 2.24) is 4.90 Å². The summed E-state index contributed by atoms with van der Waals surface area (Å²) in [4.78, 5) is 24.6. The van der Waals surface area contributed by atoms with Crippen molar-refractivity contribution < 1.29 is 29.3 Å². The van der Waals surface area contributed by atoms with Gasteiger partial charge in [0.1, 0.15) is 18.3 Å². The number of hydrogen-bond acceptors (Lipinski definition) is 7. The Morgan fingerprint density at radius 1 is 1.29 bits per heavy atom. The summed E-state index contributed by atoms with van der Waals surface area (Å²) in [5, 5.41) is 20.5. The van der Waals surface area contributed by atoms with Crippen LogP contribution in [0.5, 0.6) is 0 Å². The van der Waals surface area contributed by atoms with E-state index in [-0.39, 0.29) is 6.42 Å². The SMILES string of the molecule is CCCC(=O)O[C@H]1[C@H](O)[C@H]2[C@@H](OC(C)=O)CCN2C[C@@H]1O. The first kappa shape index (κ1) is 16.2. The van der Waals surface area contributed by atoms with E-state index in [9.17, 15) is 19.8 Å². The maximum absolute atomic E-state index is 11.6. The molecule has 0 saturated carbocycles. The number of nitrogens with zero attached hydrogens (tertiary/aromatic N) is 1. The molecule has 7 nitrogen and oxygen atoms in total. The fraction of sp³-hybridized carbons (Fsp3) is 0.857. The van der Waals surface area contributed by atoms with Gasteiger partial charge in [0.15, 0.2) is 6.10 Å². The number of carbonyl (C=O) groups excluding carboxylic acids is 2. The van der Waals surface area contributed by atoms with E-state index in [0.29, 0.717) is 25.9 Å². The third-order valence-corrected chi connectivity index (χ3v) is 4.03. The van der Waals surface area contributed by atoms with Crippen LogP contribution in [-0.4, -0.2) is 70.6 Å². The van der Waals surface area contributed by atoms with Gasteiger partial charge in [-0.05, 0) is 12.8 Å². The minimum Gasteiger partial charge on any atom is -0.461 e. The first-order valence-corrected chi connectivity index (χ1v) is 7.41. The second-order valence-corrected chi connectivity index (χ2v) is 5.68. The van der Waals surface area contributed by atoms with E-state index >= 15 is 0 Å². The van der Waals surface area contributed by atoms with Crippen molar-refractivity contribution in [2.24, 2.45) is 0 Å². The zero-order valence-electron chi connectivity index (χ0n) is 12.4. The average Bonchev–Trinajstić information content (AvgIpc) is 2.77. The molecule has 21 heavy (non-hydrogen) atoms. The molecule has 120 valence electrons. The van der Waals surface area contributed by atoms with Crippen LogP contribution in [0, 0.1) is 0 Å². The van der Waals surface area contributed by atoms with Gasteiger partial charge in [0.05, 0.1) is 6.04 Å². The normalized spacial score (nSPS) is 36.1. The number of ether oxygens (including phenoxy) is 2. The number of carbonyl (C=O) groups is 2. The minimum atomic E-state index is -1.07. The Hall–Kier alpha value is -1.18. The molecule has 0 spiro atoms. The molecule has 2 fully saturated rings. The first-order valence-electron chi connectivity index (χ1n) is 7.41. The molecule has 2 N–H and O–H groups in total. The second-order valence-electron chi connectivity index (χ2n) is 5.68. The van der Waals surface area contributed by atoms with Gasteiger partial charge < -0.3 is 19.7 Å². The molecule has 5 atom stereocenters. The Morgan fingerprint density at radius 3 is 2.62 bits per heavy atom. The maximum atomic E-state index is 11.6. The molecule has 0 aromatic carbocycles. The molecule has 2 rings (SSSR count). The second kappa shape index (κ2) is 6.72. The molecule has 2 saturated heterocycles. The van der Waals surface area contributed by atoms with Crippen LogP contribution in [0.2, 0.25) is 0 Å². The summed E-state index contributed by atoms with van der Waals surface area (Å²) in [5.74, 6) is -0.837. The topological polar surface area (TPSA) is 96.3 Å². The first-order chi connectivity index (χ1) is 9.93. The third-order valence-electron chi connectivity index (χ3n) is 4.03. The lowest BCUT2D eigenvalue weighted by Crippen LogP contribution is -2.62. The largest absolute Gasteiger partial charge is 0.461 e. The van der Waals surface area contributed by atoms with E-state index in [0.717, 1.165) is 0 Å². The molecule has 0 amide bonds. The zero-order chi connectivity index (χ0) is 15.6. The summed E-state index contributed by atoms with van der Waals surface area (Å²) in [7, 11) is 0. The monoisotopic (exact) mass is 301 g/mol. The van der Waals surface area contributed by atoms with Crippen LogP contribution in [0.25, 0.3) is 0 Å². The molecule has 2 aliphatic rings. The highest BCUT2D eigenvalue weighted by Crippen LogP contribution is 2.31. The number of rotatable bonds is 4. The lowest BCUT2D eigenvalue weighted by molar-refractivity contribution is -0.187. The van der Waals surface area contributed by atoms with Gasteiger partial charge in [-0.3, -0.25) is 14.5 Å². The molecule has 0 aromatic heterocycles. The maximum Gasteiger partial charge on any atom is 0.306 e. The lowest BCUT2D eigenvalue weighted by atomic mass is 9.92. The highest BCUT2D eigenvalue weighted by atomic mass is 16.6. The molecule has 0 unspecified atom stereocenters. The van der Waals surface area contributed by atoms with Crippen LogP contribution < -0.4 is 0 Å². The Balaban J connectivity index is 2.07. The van der Waals surface area contributed by atoms with E-state index in [1.54, 1.807) is 0 Å². The van der Waals surface area contributed by atoms with E-state index in [1.165, 1.54) is 6.92 Å². The van der Waals surface area contributed by atoms with Gasteiger partial charge in [-0.15, -0.1) is 0 Å². The fourth-order valence-electron chi connectivity index (χ4n) is 3.17. The summed E-state index contributed by atoms with van der Waals surface area (Å²) in [6.45, 7) is 4.10. The molecule has 2 aliphatic heterocycles. The van der Waals surface area contributed by atoms with Crippen LogP contribution in [0.1, 0.15) is 33.1 Å². The van der Waals surface area contributed by atoms with Gasteiger partial charge >= 0.3 is 11.9 Å². The van der Waals surface area contributed by atoms with Gasteiger partial charge in [0.25, 0.3) is 0 Å². The number of hydrogen-bond donors (Lipinski definition) is 2. The van der Waals surface area contributed by atoms with Gasteiger partial charge in [-0.2, -0.15) is 0 Å². The van der Waals surface area contributed by atoms with Crippen molar-refractivity contribution in [2.45, 2.75) is 63.6 Å². The van der Waals surface area contributed by atoms with Gasteiger partial charge in [0.2, 0.25) is 0 Å². The lowest BCUT2D eigenvalue weighted by Gasteiger charge is -2.42. The van der Waals surface area contributed by atoms with Crippen molar-refractivity contribution in [3.63, 3.8) is 0 Å². The van der Waals surface area contributed by atoms with Gasteiger partial charge in [0, 0.05) is 26.4 Å². The van der Waals surface area contributed by atoms with E-state index in [1.807, 2.05) is 11.8 Å². The molecular weight excluding hydrogens is 278 g/mol. The number of piperidine rings is 1. The smallest absolute Gasteiger partial charge is 0.306 e. The Labute approximate surface area is 123 Å². The Bertz CT molecular complexity index is 401. The summed E-state index contributed by atoms with van der Waals surface area (Å²) in [6.07, 6.45) is -1.92. The number of aliphatic hydroxyl groups is 2. The summed E-state index contributed by atoms with van der Waals surface area (Å²) in [5.41, 5.74) is 0. The standard InChI is InChI=1S/C14H23NO6/c1-3-4-11(18)21-14-9(17)7-15-6-5-10(20-8(2)16)12(15)13(14)19/h9-10,12-14,17,19H,3-7H2,1-2H3/t9-,10-,12+,13+,14+/m0/s1. The van der Waals surface area contributed by atoms with Crippen LogP contribution in [-0.2, 0) is 19.1 Å². The van der Waals surface area contributed by atoms with Crippen molar-refractivity contribution in [3.05, 3.63) is 0 Å². The average molecular weight is 301 g/mol. The zero-order valence-corrected chi connectivity index (χ0v) is 12.4. The van der Waals surface area contributed by atoms with Crippen molar-refractivity contribution in [1.29, 1.82) is 0 Å². The molecule has 0 aromatic rings. The number of fused-ring (bicyclic) bond motifs is 1. The minimum absolute atomic E-state index is 0.248. The van der Waals surface area contributed by atoms with Gasteiger partial charge in [-0.25, -0.2) is 0 Å². The van der Waals surface area contributed by atoms with E-state index in [2.05, 4.69) is 0 Å². The number of aliphatic hydroxyl groups excluding tert-OH is 2. The van der Waals surface area contributed by atoms with Crippen LogP contribution in [0.15, 0.2) is 0 Å². The summed E-state index contributed by atoms with van der Waals surface area (Å²) < 4.78 is 10.4. The van der Waals surface area contributed by atoms with Crippen molar-refractivity contribution >= 4 is 11.9 Å². The quantitative estimate of drug-likeness (QED) is 0.672. The predicted molar refractivity (Wildman–Crippen MR) is 72.3 cm³/mol. The van der Waals surface area contributed by atoms with Crippen molar-refractivity contribution in [2.75, 3.05) is 13.1 Å². The summed E-state index contributed by atoms with van der Waals surface area (Å²) >= 11 is 0. The molecule has 0 bridgehead atoms. The Morgan fingerprint density at radius 2 is 2.00 bits per heavy atom. The molecule has 0 aliphatic carbocycles. The van der Waals surface area contributed by atoms with Gasteiger partial charge in [-0.1, -0.05) is 6.92 Å². The number of esters is 2. The van der Waals surface area contributed by atoms with E-state index < -0.39 is 42.4 Å². The summed E-state index contributed by atoms with van der Waals surface area (Å²) in [6, 6.07) is -0.434. The molecule has 2 heterocycles. The highest BCUT2D eigenvalue weighted by Gasteiger charge is 2.51. The molecule has 0 radical (unpaired) electrons. The fourth-order valence-corrected chi connectivity index (χ4v) is 3.17. The molecule has 7 heteroatoms. The van der Waals surface area contributed by atoms with E-state index in [4.69, 9.17) is 9.47 Å². The Kier molecular flexibility index (Phi) is 5.18. The van der Waals surface area contributed by atoms with Crippen LogP contribution in [0.3, 0.4) is 0 Å². The predicted octanol–water partition coefficient (Wildman–Crippen LogP) is -0.560. The molecular formula is C14H23NO6.